The number of carboxylic acids is 1. The van der Waals surface area contributed by atoms with E-state index in [0.717, 1.165) is 6.54 Å². The lowest BCUT2D eigenvalue weighted by molar-refractivity contribution is -0.671. The highest BCUT2D eigenvalue weighted by Crippen LogP contribution is 1.79. The second kappa shape index (κ2) is 9.80. The number of methoxy groups -OCH3 is 1. The molecule has 1 heterocycles. The van der Waals surface area contributed by atoms with Crippen LogP contribution in [0, 0.1) is 0 Å². The van der Waals surface area contributed by atoms with E-state index in [0.29, 0.717) is 13.2 Å². The van der Waals surface area contributed by atoms with E-state index in [-0.39, 0.29) is 6.61 Å². The lowest BCUT2D eigenvalue weighted by Crippen LogP contribution is -2.28. The molecule has 0 aliphatic carbocycles. The molecule has 0 aliphatic rings. The van der Waals surface area contributed by atoms with Gasteiger partial charge in [-0.25, -0.2) is 9.13 Å². The van der Waals surface area contributed by atoms with Crippen molar-refractivity contribution in [1.29, 1.82) is 0 Å². The SMILES string of the molecule is CCn1cc[n+](C)c1.COCCOCC(=O)[O-]. The van der Waals surface area contributed by atoms with Gasteiger partial charge in [0.05, 0.1) is 39.4 Å². The van der Waals surface area contributed by atoms with Gasteiger partial charge < -0.3 is 19.4 Å². The maximum atomic E-state index is 9.69. The van der Waals surface area contributed by atoms with E-state index in [9.17, 15) is 9.90 Å². The average molecular weight is 244 g/mol. The number of nitrogens with zero attached hydrogens (tertiary/aromatic N) is 2. The molecule has 1 rings (SSSR count). The molecule has 0 unspecified atom stereocenters. The van der Waals surface area contributed by atoms with E-state index in [4.69, 9.17) is 0 Å². The zero-order valence-electron chi connectivity index (χ0n) is 10.6. The first-order valence-electron chi connectivity index (χ1n) is 5.37. The van der Waals surface area contributed by atoms with Crippen molar-refractivity contribution in [3.05, 3.63) is 18.7 Å². The normalized spacial score (nSPS) is 9.59. The van der Waals surface area contributed by atoms with Crippen molar-refractivity contribution < 1.29 is 23.9 Å². The first kappa shape index (κ1) is 15.6. The molecule has 0 saturated carbocycles. The number of aliphatic carboxylic acids is 1. The molecule has 17 heavy (non-hydrogen) atoms. The third-order valence-electron chi connectivity index (χ3n) is 1.84. The number of hydrogen-bond donors (Lipinski definition) is 0. The Morgan fingerprint density at radius 2 is 2.18 bits per heavy atom. The highest BCUT2D eigenvalue weighted by Gasteiger charge is 1.92. The molecule has 0 atom stereocenters. The van der Waals surface area contributed by atoms with Crippen LogP contribution in [0.15, 0.2) is 18.7 Å². The smallest absolute Gasteiger partial charge is 0.243 e. The van der Waals surface area contributed by atoms with Gasteiger partial charge in [-0.05, 0) is 6.92 Å². The molecular weight excluding hydrogens is 224 g/mol. The highest BCUT2D eigenvalue weighted by molar-refractivity contribution is 5.65. The molecule has 98 valence electrons. The van der Waals surface area contributed by atoms with E-state index in [1.165, 1.54) is 7.11 Å². The standard InChI is InChI=1S/C6H11N2.C5H10O4/c1-3-8-5-4-7(2)6-8;1-8-2-3-9-4-5(6)7/h4-6H,3H2,1-2H3;2-4H2,1H3,(H,6,7)/q+1;/p-1. The third-order valence-corrected chi connectivity index (χ3v) is 1.84. The third kappa shape index (κ3) is 9.52. The lowest BCUT2D eigenvalue weighted by atomic mass is 10.7. The number of carbonyl (C=O) groups excluding carboxylic acids is 1. The number of carboxylic acid groups (broad SMARTS) is 1. The maximum absolute atomic E-state index is 9.69. The zero-order valence-corrected chi connectivity index (χ0v) is 10.6. The fraction of sp³-hybridized carbons (Fsp3) is 0.636. The van der Waals surface area contributed by atoms with Crippen molar-refractivity contribution >= 4 is 5.97 Å². The van der Waals surface area contributed by atoms with Crippen molar-refractivity contribution in [3.8, 4) is 0 Å². The predicted octanol–water partition coefficient (Wildman–Crippen LogP) is -1.27. The Morgan fingerprint density at radius 1 is 1.47 bits per heavy atom. The van der Waals surface area contributed by atoms with Crippen molar-refractivity contribution in [2.75, 3.05) is 26.9 Å². The number of imidazole rings is 1. The van der Waals surface area contributed by atoms with Gasteiger partial charge in [0.1, 0.15) is 12.4 Å². The van der Waals surface area contributed by atoms with Crippen LogP contribution < -0.4 is 9.67 Å². The predicted molar refractivity (Wildman–Crippen MR) is 59.0 cm³/mol. The first-order valence-corrected chi connectivity index (χ1v) is 5.37. The Kier molecular flexibility index (Phi) is 8.99. The summed E-state index contributed by atoms with van der Waals surface area (Å²) in [6, 6.07) is 0. The fourth-order valence-corrected chi connectivity index (χ4v) is 0.987. The average Bonchev–Trinajstić information content (AvgIpc) is 2.71. The monoisotopic (exact) mass is 244 g/mol. The van der Waals surface area contributed by atoms with Crippen molar-refractivity contribution in [2.45, 2.75) is 13.5 Å². The lowest BCUT2D eigenvalue weighted by Gasteiger charge is -2.02. The molecular formula is C11H20N2O4. The molecule has 6 heteroatoms. The summed E-state index contributed by atoms with van der Waals surface area (Å²) in [7, 11) is 3.54. The minimum absolute atomic E-state index is 0.296. The quantitative estimate of drug-likeness (QED) is 0.462. The van der Waals surface area contributed by atoms with E-state index < -0.39 is 5.97 Å². The van der Waals surface area contributed by atoms with E-state index in [1.54, 1.807) is 0 Å². The number of carbonyl (C=O) groups is 1. The Hall–Kier alpha value is -1.40. The van der Waals surface area contributed by atoms with E-state index in [2.05, 4.69) is 33.5 Å². The summed E-state index contributed by atoms with van der Waals surface area (Å²) in [6.07, 6.45) is 6.14. The van der Waals surface area contributed by atoms with Crippen LogP contribution >= 0.6 is 0 Å². The summed E-state index contributed by atoms with van der Waals surface area (Å²) in [4.78, 5) is 9.69. The van der Waals surface area contributed by atoms with Gasteiger partial charge in [-0.3, -0.25) is 0 Å². The summed E-state index contributed by atoms with van der Waals surface area (Å²) in [5.74, 6) is -1.20. The van der Waals surface area contributed by atoms with Gasteiger partial charge in [0.25, 0.3) is 0 Å². The van der Waals surface area contributed by atoms with Crippen LogP contribution in [-0.2, 0) is 27.9 Å². The van der Waals surface area contributed by atoms with Crippen LogP contribution in [-0.4, -0.2) is 37.5 Å². The summed E-state index contributed by atoms with van der Waals surface area (Å²) in [5.41, 5.74) is 0. The van der Waals surface area contributed by atoms with Gasteiger partial charge in [0, 0.05) is 7.11 Å². The van der Waals surface area contributed by atoms with Crippen LogP contribution in [0.5, 0.6) is 0 Å². The number of rotatable bonds is 6. The van der Waals surface area contributed by atoms with E-state index >= 15 is 0 Å². The van der Waals surface area contributed by atoms with Gasteiger partial charge in [0.2, 0.25) is 6.33 Å². The van der Waals surface area contributed by atoms with Crippen molar-refractivity contribution in [1.82, 2.24) is 4.57 Å². The van der Waals surface area contributed by atoms with Crippen molar-refractivity contribution in [3.63, 3.8) is 0 Å². The zero-order chi connectivity index (χ0) is 13.1. The van der Waals surface area contributed by atoms with Crippen LogP contribution in [0.1, 0.15) is 6.92 Å². The molecule has 6 nitrogen and oxygen atoms in total. The highest BCUT2D eigenvalue weighted by atomic mass is 16.5. The van der Waals surface area contributed by atoms with Crippen LogP contribution in [0.3, 0.4) is 0 Å². The Balaban J connectivity index is 0.000000302. The minimum atomic E-state index is -1.20. The van der Waals surface area contributed by atoms with Crippen molar-refractivity contribution in [2.24, 2.45) is 7.05 Å². The second-order valence-corrected chi connectivity index (χ2v) is 3.33. The molecule has 0 aliphatic heterocycles. The second-order valence-electron chi connectivity index (χ2n) is 3.33. The molecule has 0 fully saturated rings. The molecule has 1 aromatic heterocycles. The molecule has 1 aromatic rings. The summed E-state index contributed by atoms with van der Waals surface area (Å²) >= 11 is 0. The number of aryl methyl sites for hydroxylation is 2. The molecule has 0 radical (unpaired) electrons. The topological polar surface area (TPSA) is 67.4 Å². The summed E-state index contributed by atoms with van der Waals surface area (Å²) < 4.78 is 13.3. The Morgan fingerprint density at radius 3 is 2.53 bits per heavy atom. The first-order chi connectivity index (χ1) is 8.10. The van der Waals surface area contributed by atoms with Gasteiger partial charge in [0.15, 0.2) is 0 Å². The van der Waals surface area contributed by atoms with E-state index in [1.807, 2.05) is 17.8 Å². The molecule has 0 spiro atoms. The number of hydrogen-bond acceptors (Lipinski definition) is 4. The fourth-order valence-electron chi connectivity index (χ4n) is 0.987. The molecule has 0 amide bonds. The molecule has 0 bridgehead atoms. The van der Waals surface area contributed by atoms with Crippen LogP contribution in [0.25, 0.3) is 0 Å². The Bertz CT molecular complexity index is 312. The largest absolute Gasteiger partial charge is 0.548 e. The van der Waals surface area contributed by atoms with Crippen LogP contribution in [0.2, 0.25) is 0 Å². The van der Waals surface area contributed by atoms with Gasteiger partial charge in [-0.15, -0.1) is 0 Å². The number of aromatic nitrogens is 2. The molecule has 0 aromatic carbocycles. The maximum Gasteiger partial charge on any atom is 0.243 e. The molecule has 0 saturated heterocycles. The summed E-state index contributed by atoms with van der Waals surface area (Å²) in [5, 5.41) is 9.69. The van der Waals surface area contributed by atoms with Gasteiger partial charge in [-0.1, -0.05) is 0 Å². The minimum Gasteiger partial charge on any atom is -0.548 e. The number of ether oxygens (including phenoxy) is 2. The van der Waals surface area contributed by atoms with Crippen LogP contribution in [0.4, 0.5) is 0 Å². The Labute approximate surface area is 101 Å². The summed E-state index contributed by atoms with van der Waals surface area (Å²) in [6.45, 7) is 3.53. The molecule has 0 N–H and O–H groups in total. The van der Waals surface area contributed by atoms with Gasteiger partial charge in [-0.2, -0.15) is 0 Å². The van der Waals surface area contributed by atoms with Gasteiger partial charge >= 0.3 is 0 Å².